The standard InChI is InChI=1S/C11H19O10P/c1-8(2-3-9(14)15)10(16)20-6-11(4-12,5-13)7-21-22(17,18)19/h12-13H,1-7H2,(H,14,15)(H2,17,18,19). The molecule has 0 radical (unpaired) electrons. The topological polar surface area (TPSA) is 171 Å². The van der Waals surface area contributed by atoms with E-state index in [0.29, 0.717) is 0 Å². The fraction of sp³-hybridized carbons (Fsp3) is 0.636. The monoisotopic (exact) mass is 342 g/mol. The van der Waals surface area contributed by atoms with Crippen LogP contribution in [-0.2, 0) is 23.4 Å². The highest BCUT2D eigenvalue weighted by molar-refractivity contribution is 7.46. The lowest BCUT2D eigenvalue weighted by atomic mass is 9.92. The number of phosphoric ester groups is 1. The molecule has 10 nitrogen and oxygen atoms in total. The van der Waals surface area contributed by atoms with Gasteiger partial charge in [-0.3, -0.25) is 9.32 Å². The Balaban J connectivity index is 4.57. The lowest BCUT2D eigenvalue weighted by Crippen LogP contribution is -2.40. The van der Waals surface area contributed by atoms with Crippen molar-refractivity contribution in [2.75, 3.05) is 26.4 Å². The molecule has 0 heterocycles. The van der Waals surface area contributed by atoms with Gasteiger partial charge in [-0.2, -0.15) is 0 Å². The highest BCUT2D eigenvalue weighted by Crippen LogP contribution is 2.38. The number of carboxylic acids is 1. The number of hydrogen-bond donors (Lipinski definition) is 5. The number of rotatable bonds is 11. The van der Waals surface area contributed by atoms with Crippen LogP contribution in [0.15, 0.2) is 12.2 Å². The van der Waals surface area contributed by atoms with Gasteiger partial charge in [-0.15, -0.1) is 0 Å². The Labute approximate surface area is 126 Å². The smallest absolute Gasteiger partial charge is 0.469 e. The van der Waals surface area contributed by atoms with E-state index in [9.17, 15) is 24.4 Å². The van der Waals surface area contributed by atoms with Crippen LogP contribution in [0.25, 0.3) is 0 Å². The van der Waals surface area contributed by atoms with Crippen LogP contribution >= 0.6 is 7.82 Å². The maximum Gasteiger partial charge on any atom is 0.469 e. The molecule has 5 N–H and O–H groups in total. The average Bonchev–Trinajstić information content (AvgIpc) is 2.44. The number of aliphatic carboxylic acids is 1. The van der Waals surface area contributed by atoms with Gasteiger partial charge < -0.3 is 29.8 Å². The molecule has 0 spiro atoms. The molecule has 0 aliphatic heterocycles. The molecule has 11 heteroatoms. The van der Waals surface area contributed by atoms with E-state index in [1.165, 1.54) is 0 Å². The molecule has 0 amide bonds. The van der Waals surface area contributed by atoms with Crippen LogP contribution < -0.4 is 0 Å². The van der Waals surface area contributed by atoms with Gasteiger partial charge in [0.15, 0.2) is 0 Å². The first-order chi connectivity index (χ1) is 10.0. The maximum atomic E-state index is 11.6. The van der Waals surface area contributed by atoms with Crippen LogP contribution in [0, 0.1) is 5.41 Å². The van der Waals surface area contributed by atoms with Crippen molar-refractivity contribution in [3.05, 3.63) is 12.2 Å². The molecule has 128 valence electrons. The van der Waals surface area contributed by atoms with Gasteiger partial charge in [0.05, 0.1) is 25.2 Å². The van der Waals surface area contributed by atoms with Gasteiger partial charge in [-0.25, -0.2) is 9.36 Å². The van der Waals surface area contributed by atoms with Crippen molar-refractivity contribution in [2.24, 2.45) is 5.41 Å². The minimum absolute atomic E-state index is 0.122. The number of carbonyl (C=O) groups is 2. The van der Waals surface area contributed by atoms with Crippen molar-refractivity contribution < 1.29 is 48.5 Å². The zero-order valence-electron chi connectivity index (χ0n) is 11.7. The fourth-order valence-corrected chi connectivity index (χ4v) is 1.62. The van der Waals surface area contributed by atoms with Gasteiger partial charge in [-0.05, 0) is 6.42 Å². The summed E-state index contributed by atoms with van der Waals surface area (Å²) in [7, 11) is -4.82. The molecule has 0 aromatic carbocycles. The number of carboxylic acid groups (broad SMARTS) is 1. The normalized spacial score (nSPS) is 12.0. The number of esters is 1. The molecule has 0 unspecified atom stereocenters. The first-order valence-corrected chi connectivity index (χ1v) is 7.57. The predicted molar refractivity (Wildman–Crippen MR) is 71.6 cm³/mol. The molecule has 0 saturated carbocycles. The third kappa shape index (κ3) is 8.23. The summed E-state index contributed by atoms with van der Waals surface area (Å²) in [5.74, 6) is -2.06. The second kappa shape index (κ2) is 8.99. The van der Waals surface area contributed by atoms with Crippen molar-refractivity contribution in [1.82, 2.24) is 0 Å². The van der Waals surface area contributed by atoms with Gasteiger partial charge in [0.1, 0.15) is 6.61 Å². The van der Waals surface area contributed by atoms with Gasteiger partial charge in [0, 0.05) is 12.0 Å². The molecule has 0 atom stereocenters. The Morgan fingerprint density at radius 2 is 1.64 bits per heavy atom. The molecule has 0 saturated heterocycles. The summed E-state index contributed by atoms with van der Waals surface area (Å²) in [4.78, 5) is 39.1. The summed E-state index contributed by atoms with van der Waals surface area (Å²) in [5, 5.41) is 26.9. The number of hydrogen-bond acceptors (Lipinski definition) is 7. The van der Waals surface area contributed by atoms with Crippen LogP contribution in [0.2, 0.25) is 0 Å². The van der Waals surface area contributed by atoms with E-state index < -0.39 is 51.6 Å². The summed E-state index contributed by atoms with van der Waals surface area (Å²) in [6, 6.07) is 0. The average molecular weight is 342 g/mol. The van der Waals surface area contributed by atoms with E-state index in [1.54, 1.807) is 0 Å². The van der Waals surface area contributed by atoms with Crippen molar-refractivity contribution >= 4 is 19.8 Å². The highest BCUT2D eigenvalue weighted by Gasteiger charge is 2.34. The predicted octanol–water partition coefficient (Wildman–Crippen LogP) is -0.969. The fourth-order valence-electron chi connectivity index (χ4n) is 1.18. The van der Waals surface area contributed by atoms with Gasteiger partial charge in [0.2, 0.25) is 0 Å². The Hall–Kier alpha value is -1.29. The molecule has 0 aromatic heterocycles. The van der Waals surface area contributed by atoms with Crippen LogP contribution in [0.4, 0.5) is 0 Å². The van der Waals surface area contributed by atoms with E-state index in [4.69, 9.17) is 19.6 Å². The Kier molecular flexibility index (Phi) is 8.46. The van der Waals surface area contributed by atoms with E-state index in [0.717, 1.165) is 0 Å². The molecule has 0 bridgehead atoms. The molecule has 0 rings (SSSR count). The summed E-state index contributed by atoms with van der Waals surface area (Å²) in [6.45, 7) is 0.471. The zero-order valence-corrected chi connectivity index (χ0v) is 12.6. The number of carbonyl (C=O) groups excluding carboxylic acids is 1. The lowest BCUT2D eigenvalue weighted by molar-refractivity contribution is -0.146. The molecule has 0 aliphatic rings. The molecular weight excluding hydrogens is 323 g/mol. The van der Waals surface area contributed by atoms with E-state index >= 15 is 0 Å². The Morgan fingerprint density at radius 3 is 2.05 bits per heavy atom. The van der Waals surface area contributed by atoms with Crippen molar-refractivity contribution in [1.29, 1.82) is 0 Å². The zero-order chi connectivity index (χ0) is 17.4. The summed E-state index contributed by atoms with van der Waals surface area (Å²) in [5.41, 5.74) is -1.73. The minimum Gasteiger partial charge on any atom is -0.481 e. The van der Waals surface area contributed by atoms with Gasteiger partial charge in [-0.1, -0.05) is 6.58 Å². The third-order valence-electron chi connectivity index (χ3n) is 2.65. The molecular formula is C11H19O10P. The first-order valence-electron chi connectivity index (χ1n) is 6.04. The van der Waals surface area contributed by atoms with E-state index in [1.807, 2.05) is 0 Å². The van der Waals surface area contributed by atoms with Crippen molar-refractivity contribution in [3.63, 3.8) is 0 Å². The second-order valence-corrected chi connectivity index (χ2v) is 5.89. The first kappa shape index (κ1) is 20.7. The maximum absolute atomic E-state index is 11.6. The summed E-state index contributed by atoms with van der Waals surface area (Å²) in [6.07, 6.45) is -0.460. The quantitative estimate of drug-likeness (QED) is 0.179. The number of ether oxygens (including phenoxy) is 1. The highest BCUT2D eigenvalue weighted by atomic mass is 31.2. The van der Waals surface area contributed by atoms with E-state index in [-0.39, 0.29) is 18.4 Å². The number of aliphatic hydroxyl groups excluding tert-OH is 2. The second-order valence-electron chi connectivity index (χ2n) is 4.65. The Bertz CT molecular complexity index is 450. The van der Waals surface area contributed by atoms with Crippen LogP contribution in [0.5, 0.6) is 0 Å². The van der Waals surface area contributed by atoms with Crippen molar-refractivity contribution in [3.8, 4) is 0 Å². The van der Waals surface area contributed by atoms with Gasteiger partial charge >= 0.3 is 19.8 Å². The van der Waals surface area contributed by atoms with Gasteiger partial charge in [0.25, 0.3) is 0 Å². The third-order valence-corrected chi connectivity index (χ3v) is 3.11. The largest absolute Gasteiger partial charge is 0.481 e. The number of phosphoric acid groups is 1. The van der Waals surface area contributed by atoms with Crippen molar-refractivity contribution in [2.45, 2.75) is 12.8 Å². The Morgan fingerprint density at radius 1 is 1.09 bits per heavy atom. The SMILES string of the molecule is C=C(CCC(=O)O)C(=O)OCC(CO)(CO)COP(=O)(O)O. The lowest BCUT2D eigenvalue weighted by Gasteiger charge is -2.28. The van der Waals surface area contributed by atoms with Crippen LogP contribution in [0.1, 0.15) is 12.8 Å². The number of aliphatic hydroxyl groups is 2. The summed E-state index contributed by atoms with van der Waals surface area (Å²) < 4.78 is 19.6. The summed E-state index contributed by atoms with van der Waals surface area (Å²) >= 11 is 0. The van der Waals surface area contributed by atoms with E-state index in [2.05, 4.69) is 11.1 Å². The molecule has 0 fully saturated rings. The molecule has 22 heavy (non-hydrogen) atoms. The molecule has 0 aliphatic carbocycles. The molecule has 0 aromatic rings. The van der Waals surface area contributed by atoms with Crippen LogP contribution in [-0.4, -0.2) is 63.5 Å². The van der Waals surface area contributed by atoms with Crippen LogP contribution in [0.3, 0.4) is 0 Å². The minimum atomic E-state index is -4.82.